The molecule has 1 fully saturated rings. The normalized spacial score (nSPS) is 23.0. The number of hydrogen-bond acceptors (Lipinski definition) is 3. The zero-order valence-corrected chi connectivity index (χ0v) is 10.4. The fourth-order valence-electron chi connectivity index (χ4n) is 2.09. The maximum absolute atomic E-state index is 13.1. The van der Waals surface area contributed by atoms with Crippen molar-refractivity contribution in [3.63, 3.8) is 0 Å². The number of nitrogens with zero attached hydrogens (tertiary/aromatic N) is 1. The molecule has 1 aromatic carbocycles. The molecule has 18 heavy (non-hydrogen) atoms. The van der Waals surface area contributed by atoms with Crippen LogP contribution in [0.15, 0.2) is 18.2 Å². The highest BCUT2D eigenvalue weighted by Crippen LogP contribution is 2.14. The Balaban J connectivity index is 1.98. The van der Waals surface area contributed by atoms with Gasteiger partial charge in [0.25, 0.3) is 0 Å². The molecule has 2 rings (SSSR count). The molecular formula is C13H18F2N2O. The molecular weight excluding hydrogens is 238 g/mol. The lowest BCUT2D eigenvalue weighted by Gasteiger charge is -2.34. The molecule has 1 aliphatic heterocycles. The zero-order valence-electron chi connectivity index (χ0n) is 10.4. The van der Waals surface area contributed by atoms with Gasteiger partial charge >= 0.3 is 0 Å². The topological polar surface area (TPSA) is 38.5 Å². The Kier molecular flexibility index (Phi) is 4.27. The molecule has 1 saturated heterocycles. The van der Waals surface area contributed by atoms with Crippen LogP contribution in [0.2, 0.25) is 0 Å². The van der Waals surface area contributed by atoms with Crippen molar-refractivity contribution in [2.45, 2.75) is 25.6 Å². The van der Waals surface area contributed by atoms with Crippen LogP contribution in [-0.4, -0.2) is 36.7 Å². The highest BCUT2D eigenvalue weighted by molar-refractivity contribution is 5.17. The molecule has 0 spiro atoms. The molecule has 2 N–H and O–H groups in total. The minimum atomic E-state index is -0.811. The third-order valence-electron chi connectivity index (χ3n) is 3.15. The minimum absolute atomic E-state index is 0.00375. The van der Waals surface area contributed by atoms with Crippen molar-refractivity contribution in [2.24, 2.45) is 5.73 Å². The molecule has 0 aromatic heterocycles. The van der Waals surface area contributed by atoms with E-state index in [2.05, 4.69) is 4.90 Å². The molecule has 0 radical (unpaired) electrons. The van der Waals surface area contributed by atoms with Crippen LogP contribution in [0.25, 0.3) is 0 Å². The van der Waals surface area contributed by atoms with Gasteiger partial charge in [0.15, 0.2) is 11.6 Å². The molecule has 100 valence electrons. The second-order valence-corrected chi connectivity index (χ2v) is 4.75. The summed E-state index contributed by atoms with van der Waals surface area (Å²) >= 11 is 0. The summed E-state index contributed by atoms with van der Waals surface area (Å²) < 4.78 is 31.5. The van der Waals surface area contributed by atoms with E-state index in [9.17, 15) is 8.78 Å². The van der Waals surface area contributed by atoms with Gasteiger partial charge in [-0.1, -0.05) is 6.07 Å². The predicted octanol–water partition coefficient (Wildman–Crippen LogP) is 1.51. The van der Waals surface area contributed by atoms with Crippen LogP contribution >= 0.6 is 0 Å². The number of hydrogen-bond donors (Lipinski definition) is 1. The number of ether oxygens (including phenoxy) is 1. The third-order valence-corrected chi connectivity index (χ3v) is 3.15. The van der Waals surface area contributed by atoms with E-state index < -0.39 is 11.6 Å². The molecule has 5 heteroatoms. The van der Waals surface area contributed by atoms with Crippen LogP contribution in [-0.2, 0) is 11.3 Å². The van der Waals surface area contributed by atoms with E-state index in [1.54, 1.807) is 6.07 Å². The van der Waals surface area contributed by atoms with Crippen LogP contribution in [0.4, 0.5) is 8.78 Å². The number of nitrogens with two attached hydrogens (primary N) is 1. The van der Waals surface area contributed by atoms with Crippen LogP contribution < -0.4 is 5.73 Å². The van der Waals surface area contributed by atoms with Gasteiger partial charge in [0.05, 0.1) is 12.7 Å². The Morgan fingerprint density at radius 1 is 1.44 bits per heavy atom. The Labute approximate surface area is 106 Å². The van der Waals surface area contributed by atoms with Gasteiger partial charge in [0.1, 0.15) is 0 Å². The average molecular weight is 256 g/mol. The van der Waals surface area contributed by atoms with Crippen molar-refractivity contribution < 1.29 is 13.5 Å². The lowest BCUT2D eigenvalue weighted by atomic mass is 10.1. The number of halogens is 2. The maximum Gasteiger partial charge on any atom is 0.159 e. The Bertz CT molecular complexity index is 412. The van der Waals surface area contributed by atoms with Gasteiger partial charge in [-0.05, 0) is 24.6 Å². The number of rotatable bonds is 3. The van der Waals surface area contributed by atoms with Gasteiger partial charge in [-0.15, -0.1) is 0 Å². The van der Waals surface area contributed by atoms with E-state index in [0.717, 1.165) is 24.7 Å². The maximum atomic E-state index is 13.1. The van der Waals surface area contributed by atoms with Crippen LogP contribution in [0, 0.1) is 11.6 Å². The van der Waals surface area contributed by atoms with Crippen molar-refractivity contribution in [3.8, 4) is 0 Å². The summed E-state index contributed by atoms with van der Waals surface area (Å²) in [6.07, 6.45) is 0.00375. The van der Waals surface area contributed by atoms with Crippen LogP contribution in [0.1, 0.15) is 12.5 Å². The molecule has 0 bridgehead atoms. The largest absolute Gasteiger partial charge is 0.374 e. The quantitative estimate of drug-likeness (QED) is 0.891. The summed E-state index contributed by atoms with van der Waals surface area (Å²) in [5, 5.41) is 0. The fourth-order valence-corrected chi connectivity index (χ4v) is 2.09. The second kappa shape index (κ2) is 5.73. The third kappa shape index (κ3) is 3.25. The lowest BCUT2D eigenvalue weighted by Crippen LogP contribution is -2.49. The molecule has 3 nitrogen and oxygen atoms in total. The molecule has 0 saturated carbocycles. The van der Waals surface area contributed by atoms with E-state index >= 15 is 0 Å². The molecule has 0 aliphatic carbocycles. The van der Waals surface area contributed by atoms with Gasteiger partial charge < -0.3 is 10.5 Å². The summed E-state index contributed by atoms with van der Waals surface area (Å²) in [7, 11) is 0. The molecule has 0 amide bonds. The molecule has 2 atom stereocenters. The first-order valence-electron chi connectivity index (χ1n) is 6.09. The van der Waals surface area contributed by atoms with Crippen molar-refractivity contribution >= 4 is 0 Å². The first-order chi connectivity index (χ1) is 8.56. The van der Waals surface area contributed by atoms with Gasteiger partial charge in [-0.25, -0.2) is 8.78 Å². The molecule has 1 aromatic rings. The standard InChI is InChI=1S/C13H18F2N2O/c1-9(16)13-8-17(4-5-18-13)7-10-2-3-11(14)12(15)6-10/h2-3,6,9,13H,4-5,7-8,16H2,1H3. The predicted molar refractivity (Wildman–Crippen MR) is 65.0 cm³/mol. The molecule has 1 aliphatic rings. The van der Waals surface area contributed by atoms with Gasteiger partial charge in [0, 0.05) is 25.7 Å². The van der Waals surface area contributed by atoms with Crippen molar-refractivity contribution in [2.75, 3.05) is 19.7 Å². The summed E-state index contributed by atoms with van der Waals surface area (Å²) in [4.78, 5) is 2.14. The number of benzene rings is 1. The first kappa shape index (κ1) is 13.4. The Hall–Kier alpha value is -1.04. The van der Waals surface area contributed by atoms with Gasteiger partial charge in [-0.2, -0.15) is 0 Å². The van der Waals surface area contributed by atoms with Crippen molar-refractivity contribution in [1.82, 2.24) is 4.90 Å². The molecule has 2 unspecified atom stereocenters. The van der Waals surface area contributed by atoms with Gasteiger partial charge in [-0.3, -0.25) is 4.90 Å². The van der Waals surface area contributed by atoms with E-state index in [4.69, 9.17) is 10.5 Å². The summed E-state index contributed by atoms with van der Waals surface area (Å²) in [5.74, 6) is -1.61. The molecule has 1 heterocycles. The average Bonchev–Trinajstić information content (AvgIpc) is 2.34. The second-order valence-electron chi connectivity index (χ2n) is 4.75. The summed E-state index contributed by atoms with van der Waals surface area (Å²) in [6, 6.07) is 3.98. The Morgan fingerprint density at radius 2 is 2.22 bits per heavy atom. The summed E-state index contributed by atoms with van der Waals surface area (Å²) in [5.41, 5.74) is 6.57. The fraction of sp³-hybridized carbons (Fsp3) is 0.538. The zero-order chi connectivity index (χ0) is 13.1. The van der Waals surface area contributed by atoms with E-state index in [-0.39, 0.29) is 12.1 Å². The minimum Gasteiger partial charge on any atom is -0.374 e. The highest BCUT2D eigenvalue weighted by atomic mass is 19.2. The first-order valence-corrected chi connectivity index (χ1v) is 6.09. The van der Waals surface area contributed by atoms with Crippen LogP contribution in [0.3, 0.4) is 0 Å². The lowest BCUT2D eigenvalue weighted by molar-refractivity contribution is -0.0403. The van der Waals surface area contributed by atoms with Crippen molar-refractivity contribution in [3.05, 3.63) is 35.4 Å². The van der Waals surface area contributed by atoms with E-state index in [0.29, 0.717) is 13.2 Å². The SMILES string of the molecule is CC(N)C1CN(Cc2ccc(F)c(F)c2)CCO1. The summed E-state index contributed by atoms with van der Waals surface area (Å²) in [6.45, 7) is 4.62. The van der Waals surface area contributed by atoms with E-state index in [1.165, 1.54) is 6.07 Å². The Morgan fingerprint density at radius 3 is 2.89 bits per heavy atom. The smallest absolute Gasteiger partial charge is 0.159 e. The van der Waals surface area contributed by atoms with Crippen molar-refractivity contribution in [1.29, 1.82) is 0 Å². The highest BCUT2D eigenvalue weighted by Gasteiger charge is 2.23. The monoisotopic (exact) mass is 256 g/mol. The number of morpholine rings is 1. The van der Waals surface area contributed by atoms with E-state index in [1.807, 2.05) is 6.92 Å². The van der Waals surface area contributed by atoms with Gasteiger partial charge in [0.2, 0.25) is 0 Å². The van der Waals surface area contributed by atoms with Crippen LogP contribution in [0.5, 0.6) is 0 Å².